The fourth-order valence-electron chi connectivity index (χ4n) is 1.28. The number of sulfonamides is 1. The second kappa shape index (κ2) is 5.36. The second-order valence-electron chi connectivity index (χ2n) is 3.34. The van der Waals surface area contributed by atoms with Gasteiger partial charge < -0.3 is 4.74 Å². The average molecular weight is 337 g/mol. The number of ether oxygens (including phenoxy) is 1. The van der Waals surface area contributed by atoms with Crippen LogP contribution < -0.4 is 9.88 Å². The van der Waals surface area contributed by atoms with Crippen LogP contribution in [0.3, 0.4) is 0 Å². The van der Waals surface area contributed by atoms with Crippen LogP contribution in [0.15, 0.2) is 11.2 Å². The van der Waals surface area contributed by atoms with Crippen molar-refractivity contribution in [2.24, 2.45) is 5.14 Å². The lowest BCUT2D eigenvalue weighted by Crippen LogP contribution is -2.21. The summed E-state index contributed by atoms with van der Waals surface area (Å²) in [6.07, 6.45) is -9.32. The summed E-state index contributed by atoms with van der Waals surface area (Å²) in [6.45, 7) is 0. The number of hydrogen-bond donors (Lipinski definition) is 1. The molecular formula is C7H4F5N3O5S. The number of aromatic nitrogens is 1. The van der Waals surface area contributed by atoms with Gasteiger partial charge in [0.25, 0.3) is 16.4 Å². The Morgan fingerprint density at radius 2 is 1.90 bits per heavy atom. The van der Waals surface area contributed by atoms with Crippen LogP contribution in [-0.2, 0) is 10.0 Å². The molecule has 0 atom stereocenters. The molecule has 0 aromatic carbocycles. The van der Waals surface area contributed by atoms with Gasteiger partial charge in [-0.15, -0.1) is 13.2 Å². The Bertz CT molecular complexity index is 674. The lowest BCUT2D eigenvalue weighted by atomic mass is 10.2. The molecule has 0 saturated carbocycles. The Labute approximate surface area is 112 Å². The van der Waals surface area contributed by atoms with Gasteiger partial charge in [0, 0.05) is 0 Å². The summed E-state index contributed by atoms with van der Waals surface area (Å²) in [7, 11) is -4.92. The first-order valence-electron chi connectivity index (χ1n) is 4.58. The zero-order valence-electron chi connectivity index (χ0n) is 9.47. The predicted octanol–water partition coefficient (Wildman–Crippen LogP) is 1.47. The maximum atomic E-state index is 12.8. The van der Waals surface area contributed by atoms with Gasteiger partial charge in [-0.2, -0.15) is 0 Å². The Morgan fingerprint density at radius 3 is 2.24 bits per heavy atom. The highest BCUT2D eigenvalue weighted by atomic mass is 32.2. The number of nitrogens with zero attached hydrogens (tertiary/aromatic N) is 2. The Balaban J connectivity index is 3.74. The first kappa shape index (κ1) is 17.0. The first-order valence-corrected chi connectivity index (χ1v) is 6.13. The molecule has 0 saturated heterocycles. The summed E-state index contributed by atoms with van der Waals surface area (Å²) in [6, 6.07) is 0. The minimum Gasteiger partial charge on any atom is -0.403 e. The molecule has 0 spiro atoms. The monoisotopic (exact) mass is 337 g/mol. The molecule has 0 bridgehead atoms. The van der Waals surface area contributed by atoms with E-state index in [1.54, 1.807) is 0 Å². The van der Waals surface area contributed by atoms with Crippen LogP contribution in [0.1, 0.15) is 12.0 Å². The van der Waals surface area contributed by atoms with E-state index < -0.39 is 49.8 Å². The molecule has 0 amide bonds. The van der Waals surface area contributed by atoms with E-state index in [2.05, 4.69) is 14.9 Å². The summed E-state index contributed by atoms with van der Waals surface area (Å²) in [5, 5.41) is 13.6. The zero-order valence-corrected chi connectivity index (χ0v) is 10.3. The van der Waals surface area contributed by atoms with Crippen molar-refractivity contribution in [2.45, 2.75) is 17.8 Å². The summed E-state index contributed by atoms with van der Waals surface area (Å²) in [4.78, 5) is 11.8. The number of alkyl halides is 5. The van der Waals surface area contributed by atoms with Crippen LogP contribution in [-0.4, -0.2) is 24.7 Å². The normalized spacial score (nSPS) is 12.5. The van der Waals surface area contributed by atoms with E-state index >= 15 is 0 Å². The van der Waals surface area contributed by atoms with E-state index in [0.717, 1.165) is 0 Å². The van der Waals surface area contributed by atoms with E-state index in [1.165, 1.54) is 0 Å². The third kappa shape index (κ3) is 3.94. The molecule has 1 aromatic heterocycles. The van der Waals surface area contributed by atoms with Crippen LogP contribution in [0.4, 0.5) is 27.6 Å². The SMILES string of the molecule is NS(=O)(=O)c1ncc(OC(F)(F)F)c(C(F)F)c1[N+](=O)[O-]. The number of pyridine rings is 1. The lowest BCUT2D eigenvalue weighted by molar-refractivity contribution is -0.390. The number of nitro groups is 1. The van der Waals surface area contributed by atoms with Gasteiger partial charge in [0.2, 0.25) is 5.03 Å². The fourth-order valence-corrected chi connectivity index (χ4v) is 1.94. The van der Waals surface area contributed by atoms with Crippen molar-refractivity contribution in [3.8, 4) is 5.75 Å². The summed E-state index contributed by atoms with van der Waals surface area (Å²) < 4.78 is 86.9. The molecule has 1 heterocycles. The lowest BCUT2D eigenvalue weighted by Gasteiger charge is -2.13. The van der Waals surface area contributed by atoms with E-state index in [1.807, 2.05) is 0 Å². The molecule has 0 unspecified atom stereocenters. The molecule has 0 aliphatic heterocycles. The first-order chi connectivity index (χ1) is 9.34. The number of rotatable bonds is 4. The second-order valence-corrected chi connectivity index (χ2v) is 4.82. The molecular weight excluding hydrogens is 333 g/mol. The van der Waals surface area contributed by atoms with Crippen LogP contribution >= 0.6 is 0 Å². The molecule has 0 aliphatic rings. The number of halogens is 5. The predicted molar refractivity (Wildman–Crippen MR) is 53.9 cm³/mol. The number of hydrogen-bond acceptors (Lipinski definition) is 6. The molecule has 21 heavy (non-hydrogen) atoms. The summed E-state index contributed by atoms with van der Waals surface area (Å²) in [5.74, 6) is -1.70. The molecule has 1 aromatic rings. The highest BCUT2D eigenvalue weighted by Crippen LogP contribution is 2.41. The fraction of sp³-hybridized carbons (Fsp3) is 0.286. The average Bonchev–Trinajstić information content (AvgIpc) is 2.23. The topological polar surface area (TPSA) is 125 Å². The van der Waals surface area contributed by atoms with E-state index in [0.29, 0.717) is 0 Å². The standard InChI is InChI=1S/C7H4F5N3O5S/c8-5(9)3-2(20-7(10,11)12)1-14-6(21(13,18)19)4(3)15(16)17/h1,5H,(H2,13,18,19). The zero-order chi connectivity index (χ0) is 16.6. The van der Waals surface area contributed by atoms with Crippen molar-refractivity contribution in [3.05, 3.63) is 21.9 Å². The van der Waals surface area contributed by atoms with Gasteiger partial charge in [-0.1, -0.05) is 0 Å². The third-order valence-electron chi connectivity index (χ3n) is 1.92. The van der Waals surface area contributed by atoms with Crippen molar-refractivity contribution >= 4 is 15.7 Å². The van der Waals surface area contributed by atoms with Gasteiger partial charge in [-0.3, -0.25) is 10.1 Å². The van der Waals surface area contributed by atoms with E-state index in [-0.39, 0.29) is 6.20 Å². The quantitative estimate of drug-likeness (QED) is 0.504. The van der Waals surface area contributed by atoms with Gasteiger partial charge in [-0.25, -0.2) is 27.3 Å². The minimum absolute atomic E-state index is 0.0400. The number of nitrogens with two attached hydrogens (primary N) is 1. The van der Waals surface area contributed by atoms with Crippen LogP contribution in [0.25, 0.3) is 0 Å². The van der Waals surface area contributed by atoms with Crippen LogP contribution in [0.2, 0.25) is 0 Å². The Morgan fingerprint density at radius 1 is 1.38 bits per heavy atom. The van der Waals surface area contributed by atoms with Crippen molar-refractivity contribution in [2.75, 3.05) is 0 Å². The molecule has 0 radical (unpaired) electrons. The van der Waals surface area contributed by atoms with Crippen molar-refractivity contribution < 1.29 is 40.0 Å². The van der Waals surface area contributed by atoms with E-state index in [4.69, 9.17) is 0 Å². The van der Waals surface area contributed by atoms with Crippen molar-refractivity contribution in [1.29, 1.82) is 0 Å². The smallest absolute Gasteiger partial charge is 0.403 e. The Kier molecular flexibility index (Phi) is 4.33. The maximum absolute atomic E-state index is 12.8. The van der Waals surface area contributed by atoms with Crippen molar-refractivity contribution in [3.63, 3.8) is 0 Å². The molecule has 1 rings (SSSR count). The summed E-state index contributed by atoms with van der Waals surface area (Å²) in [5.41, 5.74) is -3.77. The highest BCUT2D eigenvalue weighted by Gasteiger charge is 2.40. The van der Waals surface area contributed by atoms with Gasteiger partial charge in [0.1, 0.15) is 5.56 Å². The van der Waals surface area contributed by atoms with Gasteiger partial charge in [0.05, 0.1) is 11.1 Å². The van der Waals surface area contributed by atoms with Crippen LogP contribution in [0, 0.1) is 10.1 Å². The third-order valence-corrected chi connectivity index (χ3v) is 2.76. The van der Waals surface area contributed by atoms with E-state index in [9.17, 15) is 40.5 Å². The molecule has 0 fully saturated rings. The molecule has 0 aliphatic carbocycles. The molecule has 14 heteroatoms. The molecule has 2 N–H and O–H groups in total. The van der Waals surface area contributed by atoms with Crippen molar-refractivity contribution in [1.82, 2.24) is 4.98 Å². The minimum atomic E-state index is -5.44. The van der Waals surface area contributed by atoms with Crippen LogP contribution in [0.5, 0.6) is 5.75 Å². The van der Waals surface area contributed by atoms with Gasteiger partial charge in [0.15, 0.2) is 5.75 Å². The largest absolute Gasteiger partial charge is 0.573 e. The Hall–Kier alpha value is -2.09. The van der Waals surface area contributed by atoms with Gasteiger partial charge in [-0.05, 0) is 0 Å². The maximum Gasteiger partial charge on any atom is 0.573 e. The number of primary sulfonamides is 1. The highest BCUT2D eigenvalue weighted by molar-refractivity contribution is 7.89. The summed E-state index contributed by atoms with van der Waals surface area (Å²) >= 11 is 0. The molecule has 118 valence electrons. The van der Waals surface area contributed by atoms with Gasteiger partial charge >= 0.3 is 12.0 Å². The molecule has 8 nitrogen and oxygen atoms in total.